The molecule has 1 saturated heterocycles. The van der Waals surface area contributed by atoms with Crippen molar-refractivity contribution in [3.63, 3.8) is 0 Å². The maximum atomic E-state index is 10.9. The molecule has 6 nitrogen and oxygen atoms in total. The van der Waals surface area contributed by atoms with Crippen LogP contribution in [0.1, 0.15) is 60.3 Å². The largest absolute Gasteiger partial charge is 0.481 e. The summed E-state index contributed by atoms with van der Waals surface area (Å²) in [6, 6.07) is 8.81. The van der Waals surface area contributed by atoms with Gasteiger partial charge in [0, 0.05) is 29.2 Å². The number of benzene rings is 1. The fraction of sp³-hybridized carbons (Fsp3) is 0.577. The third-order valence-electron chi connectivity index (χ3n) is 6.45. The minimum atomic E-state index is -0.794. The van der Waals surface area contributed by atoms with E-state index in [9.17, 15) is 9.90 Å². The lowest BCUT2D eigenvalue weighted by atomic mass is 10.0. The monoisotopic (exact) mass is 508 g/mol. The summed E-state index contributed by atoms with van der Waals surface area (Å²) in [7, 11) is 0. The number of ether oxygens (including phenoxy) is 1. The zero-order chi connectivity index (χ0) is 24.5. The summed E-state index contributed by atoms with van der Waals surface area (Å²) in [5.74, 6) is -0.794. The maximum Gasteiger partial charge on any atom is 0.303 e. The molecule has 2 aromatic rings. The highest BCUT2D eigenvalue weighted by molar-refractivity contribution is 7.10. The van der Waals surface area contributed by atoms with E-state index in [1.54, 1.807) is 11.3 Å². The standard InChI is InChI=1S/C26H37ClN2O4S/c1-3-24(22-10-12-34-25(22)8-9-26(31)32)33-16-21(30)15-28-17-29-11-4-5-20(29)13-19-7-6-18(2)23(27)14-19/h6-7,10,12,14,20-21,24,28,30H,3-5,8-9,11,13,15-17H2,1-2H3,(H,31,32)/t20-,21+,24?/m0/s1. The first-order chi connectivity index (χ1) is 16.4. The van der Waals surface area contributed by atoms with Gasteiger partial charge in [-0.1, -0.05) is 30.7 Å². The second kappa shape index (κ2) is 13.6. The number of aliphatic carboxylic acids is 1. The molecule has 8 heteroatoms. The summed E-state index contributed by atoms with van der Waals surface area (Å²) < 4.78 is 6.03. The molecule has 0 amide bonds. The van der Waals surface area contributed by atoms with Crippen molar-refractivity contribution in [3.8, 4) is 0 Å². The lowest BCUT2D eigenvalue weighted by Crippen LogP contribution is -2.42. The molecule has 0 radical (unpaired) electrons. The Morgan fingerprint density at radius 2 is 2.21 bits per heavy atom. The van der Waals surface area contributed by atoms with Crippen molar-refractivity contribution in [2.75, 3.05) is 26.4 Å². The predicted molar refractivity (Wildman–Crippen MR) is 138 cm³/mol. The second-order valence-electron chi connectivity index (χ2n) is 9.09. The van der Waals surface area contributed by atoms with E-state index in [4.69, 9.17) is 21.4 Å². The molecule has 1 unspecified atom stereocenters. The van der Waals surface area contributed by atoms with Crippen LogP contribution in [0.5, 0.6) is 0 Å². The maximum absolute atomic E-state index is 10.9. The molecule has 3 atom stereocenters. The van der Waals surface area contributed by atoms with Crippen molar-refractivity contribution in [1.29, 1.82) is 0 Å². The first kappa shape index (κ1) is 27.1. The molecule has 1 fully saturated rings. The van der Waals surface area contributed by atoms with E-state index < -0.39 is 12.1 Å². The molecule has 3 rings (SSSR count). The van der Waals surface area contributed by atoms with Gasteiger partial charge in [0.05, 0.1) is 25.2 Å². The van der Waals surface area contributed by atoms with E-state index in [1.807, 2.05) is 25.3 Å². The third-order valence-corrected chi connectivity index (χ3v) is 7.86. The Morgan fingerprint density at radius 3 is 2.94 bits per heavy atom. The van der Waals surface area contributed by atoms with Crippen molar-refractivity contribution in [3.05, 3.63) is 56.2 Å². The number of likely N-dealkylation sites (tertiary alicyclic amines) is 1. The van der Waals surface area contributed by atoms with E-state index >= 15 is 0 Å². The molecule has 0 spiro atoms. The molecule has 2 heterocycles. The number of carbonyl (C=O) groups is 1. The third kappa shape index (κ3) is 8.04. The molecular weight excluding hydrogens is 472 g/mol. The molecule has 1 aliphatic rings. The summed E-state index contributed by atoms with van der Waals surface area (Å²) in [5.41, 5.74) is 3.42. The Bertz CT molecular complexity index is 922. The lowest BCUT2D eigenvalue weighted by Gasteiger charge is -2.26. The van der Waals surface area contributed by atoms with E-state index in [0.29, 0.717) is 19.0 Å². The minimum Gasteiger partial charge on any atom is -0.481 e. The van der Waals surface area contributed by atoms with Crippen molar-refractivity contribution in [2.24, 2.45) is 0 Å². The van der Waals surface area contributed by atoms with Crippen LogP contribution in [0.25, 0.3) is 0 Å². The van der Waals surface area contributed by atoms with E-state index in [2.05, 4.69) is 28.4 Å². The van der Waals surface area contributed by atoms with Gasteiger partial charge in [0.1, 0.15) is 0 Å². The summed E-state index contributed by atoms with van der Waals surface area (Å²) in [4.78, 5) is 14.4. The summed E-state index contributed by atoms with van der Waals surface area (Å²) in [6.07, 6.45) is 4.00. The Labute approximate surface area is 211 Å². The highest BCUT2D eigenvalue weighted by atomic mass is 35.5. The van der Waals surface area contributed by atoms with Gasteiger partial charge in [-0.2, -0.15) is 0 Å². The van der Waals surface area contributed by atoms with Gasteiger partial charge in [0.2, 0.25) is 0 Å². The average molecular weight is 509 g/mol. The van der Waals surface area contributed by atoms with Gasteiger partial charge in [-0.05, 0) is 79.8 Å². The first-order valence-corrected chi connectivity index (χ1v) is 13.4. The topological polar surface area (TPSA) is 82.0 Å². The highest BCUT2D eigenvalue weighted by Gasteiger charge is 2.25. The van der Waals surface area contributed by atoms with Gasteiger partial charge < -0.3 is 20.3 Å². The molecule has 0 saturated carbocycles. The number of nitrogens with zero attached hydrogens (tertiary/aromatic N) is 1. The van der Waals surface area contributed by atoms with Gasteiger partial charge in [0.25, 0.3) is 0 Å². The predicted octanol–water partition coefficient (Wildman–Crippen LogP) is 4.81. The van der Waals surface area contributed by atoms with Crippen LogP contribution in [0.2, 0.25) is 5.02 Å². The Morgan fingerprint density at radius 1 is 1.38 bits per heavy atom. The van der Waals surface area contributed by atoms with E-state index in [1.165, 1.54) is 18.4 Å². The number of aryl methyl sites for hydroxylation is 2. The molecule has 0 bridgehead atoms. The van der Waals surface area contributed by atoms with Crippen LogP contribution in [0.3, 0.4) is 0 Å². The van der Waals surface area contributed by atoms with Crippen LogP contribution in [0, 0.1) is 6.92 Å². The van der Waals surface area contributed by atoms with Crippen LogP contribution in [0.4, 0.5) is 0 Å². The first-order valence-electron chi connectivity index (χ1n) is 12.1. The zero-order valence-electron chi connectivity index (χ0n) is 20.1. The molecule has 3 N–H and O–H groups in total. The average Bonchev–Trinajstić information content (AvgIpc) is 3.45. The van der Waals surface area contributed by atoms with Crippen LogP contribution in [0.15, 0.2) is 29.6 Å². The number of carboxylic acids is 1. The number of hydrogen-bond acceptors (Lipinski definition) is 6. The molecule has 188 valence electrons. The van der Waals surface area contributed by atoms with Crippen LogP contribution >= 0.6 is 22.9 Å². The molecule has 1 aromatic carbocycles. The van der Waals surface area contributed by atoms with Gasteiger partial charge in [-0.15, -0.1) is 11.3 Å². The zero-order valence-corrected chi connectivity index (χ0v) is 21.7. The molecular formula is C26H37ClN2O4S. The smallest absolute Gasteiger partial charge is 0.303 e. The van der Waals surface area contributed by atoms with E-state index in [0.717, 1.165) is 47.1 Å². The lowest BCUT2D eigenvalue weighted by molar-refractivity contribution is -0.136. The number of aliphatic hydroxyl groups excluding tert-OH is 1. The number of aliphatic hydroxyl groups is 1. The molecule has 34 heavy (non-hydrogen) atoms. The summed E-state index contributed by atoms with van der Waals surface area (Å²) in [6.45, 7) is 6.56. The Kier molecular flexibility index (Phi) is 10.8. The Balaban J connectivity index is 1.41. The fourth-order valence-electron chi connectivity index (χ4n) is 4.52. The molecule has 1 aliphatic heterocycles. The van der Waals surface area contributed by atoms with Crippen molar-refractivity contribution in [1.82, 2.24) is 10.2 Å². The van der Waals surface area contributed by atoms with Crippen molar-refractivity contribution < 1.29 is 19.7 Å². The Hall–Kier alpha value is -1.48. The summed E-state index contributed by atoms with van der Waals surface area (Å²) >= 11 is 7.87. The quantitative estimate of drug-likeness (QED) is 0.340. The van der Waals surface area contributed by atoms with Gasteiger partial charge in [0.15, 0.2) is 0 Å². The van der Waals surface area contributed by atoms with E-state index in [-0.39, 0.29) is 19.1 Å². The highest BCUT2D eigenvalue weighted by Crippen LogP contribution is 2.30. The number of nitrogens with one attached hydrogen (secondary N) is 1. The second-order valence-corrected chi connectivity index (χ2v) is 10.5. The summed E-state index contributed by atoms with van der Waals surface area (Å²) in [5, 5.41) is 25.6. The SMILES string of the molecule is CCC(OC[C@H](O)CNCN1CCC[C@H]1Cc1ccc(C)c(Cl)c1)c1ccsc1CCC(=O)O. The van der Waals surface area contributed by atoms with Crippen LogP contribution < -0.4 is 5.32 Å². The number of hydrogen-bond donors (Lipinski definition) is 3. The van der Waals surface area contributed by atoms with Gasteiger partial charge in [-0.3, -0.25) is 9.69 Å². The number of carboxylic acid groups (broad SMARTS) is 1. The molecule has 1 aromatic heterocycles. The number of halogens is 1. The van der Waals surface area contributed by atoms with Gasteiger partial charge in [-0.25, -0.2) is 0 Å². The van der Waals surface area contributed by atoms with Crippen LogP contribution in [-0.4, -0.2) is 59.6 Å². The molecule has 0 aliphatic carbocycles. The van der Waals surface area contributed by atoms with Crippen molar-refractivity contribution >= 4 is 28.9 Å². The minimum absolute atomic E-state index is 0.116. The number of thiophene rings is 1. The fourth-order valence-corrected chi connectivity index (χ4v) is 5.66. The number of rotatable bonds is 14. The van der Waals surface area contributed by atoms with Crippen molar-refractivity contribution in [2.45, 2.75) is 70.6 Å². The van der Waals surface area contributed by atoms with Crippen LogP contribution in [-0.2, 0) is 22.4 Å². The van der Waals surface area contributed by atoms with Gasteiger partial charge >= 0.3 is 5.97 Å². The normalized spacial score (nSPS) is 18.3.